The molecule has 0 aliphatic rings. The van der Waals surface area contributed by atoms with Gasteiger partial charge in [-0.05, 0) is 70.1 Å². The van der Waals surface area contributed by atoms with Gasteiger partial charge in [-0.25, -0.2) is 0 Å². The molecule has 0 radical (unpaired) electrons. The van der Waals surface area contributed by atoms with Crippen molar-refractivity contribution in [1.82, 2.24) is 5.32 Å². The third-order valence-electron chi connectivity index (χ3n) is 3.97. The standard InChI is InChI=1S/C22H19BrN2O2S/c23-19-8-4-5-9-20(19)24-22(28)25-21(26)17-10-12-18(13-11-17)27-15-14-16-6-2-1-3-7-16/h1-13H,14-15H2,(H2,24,25,26,28). The zero-order valence-corrected chi connectivity index (χ0v) is 17.4. The molecule has 3 rings (SSSR count). The van der Waals surface area contributed by atoms with E-state index in [4.69, 9.17) is 17.0 Å². The average Bonchev–Trinajstić information content (AvgIpc) is 2.71. The maximum absolute atomic E-state index is 12.3. The lowest BCUT2D eigenvalue weighted by molar-refractivity contribution is 0.0977. The largest absolute Gasteiger partial charge is 0.493 e. The summed E-state index contributed by atoms with van der Waals surface area (Å²) < 4.78 is 6.61. The second-order valence-corrected chi connectivity index (χ2v) is 7.26. The molecule has 0 aliphatic carbocycles. The summed E-state index contributed by atoms with van der Waals surface area (Å²) in [6.45, 7) is 0.579. The summed E-state index contributed by atoms with van der Waals surface area (Å²) in [6, 6.07) is 24.7. The molecule has 2 N–H and O–H groups in total. The minimum absolute atomic E-state index is 0.236. The van der Waals surface area contributed by atoms with Crippen molar-refractivity contribution in [3.05, 3.63) is 94.5 Å². The van der Waals surface area contributed by atoms with Gasteiger partial charge in [0.15, 0.2) is 5.11 Å². The van der Waals surface area contributed by atoms with Gasteiger partial charge < -0.3 is 10.1 Å². The van der Waals surface area contributed by atoms with Crippen LogP contribution in [-0.2, 0) is 6.42 Å². The number of benzene rings is 3. The molecule has 0 unspecified atom stereocenters. The van der Waals surface area contributed by atoms with Crippen LogP contribution in [0.5, 0.6) is 5.75 Å². The molecular formula is C22H19BrN2O2S. The fraction of sp³-hybridized carbons (Fsp3) is 0.0909. The van der Waals surface area contributed by atoms with E-state index in [0.717, 1.165) is 22.3 Å². The molecular weight excluding hydrogens is 436 g/mol. The maximum Gasteiger partial charge on any atom is 0.257 e. The number of carbonyl (C=O) groups is 1. The fourth-order valence-electron chi connectivity index (χ4n) is 2.53. The molecule has 1 amide bonds. The highest BCUT2D eigenvalue weighted by Gasteiger charge is 2.09. The number of thiocarbonyl (C=S) groups is 1. The Morgan fingerprint density at radius 2 is 1.61 bits per heavy atom. The van der Waals surface area contributed by atoms with E-state index in [-0.39, 0.29) is 11.0 Å². The Labute approximate surface area is 178 Å². The molecule has 0 heterocycles. The average molecular weight is 455 g/mol. The van der Waals surface area contributed by atoms with Crippen molar-refractivity contribution in [2.75, 3.05) is 11.9 Å². The lowest BCUT2D eigenvalue weighted by atomic mass is 10.2. The number of nitrogens with one attached hydrogen (secondary N) is 2. The van der Waals surface area contributed by atoms with Crippen molar-refractivity contribution in [3.8, 4) is 5.75 Å². The van der Waals surface area contributed by atoms with Gasteiger partial charge in [-0.15, -0.1) is 0 Å². The second kappa shape index (κ2) is 10.0. The SMILES string of the molecule is O=C(NC(=S)Nc1ccccc1Br)c1ccc(OCCc2ccccc2)cc1. The Balaban J connectivity index is 1.49. The first-order valence-electron chi connectivity index (χ1n) is 8.75. The number of hydrogen-bond donors (Lipinski definition) is 2. The topological polar surface area (TPSA) is 50.4 Å². The molecule has 4 nitrogen and oxygen atoms in total. The zero-order valence-electron chi connectivity index (χ0n) is 15.0. The van der Waals surface area contributed by atoms with E-state index in [9.17, 15) is 4.79 Å². The molecule has 0 fully saturated rings. The van der Waals surface area contributed by atoms with Gasteiger partial charge in [0.2, 0.25) is 0 Å². The molecule has 28 heavy (non-hydrogen) atoms. The molecule has 142 valence electrons. The predicted octanol–water partition coefficient (Wildman–Crippen LogP) is 5.20. The summed E-state index contributed by atoms with van der Waals surface area (Å²) in [5.41, 5.74) is 2.52. The van der Waals surface area contributed by atoms with Gasteiger partial charge >= 0.3 is 0 Å². The number of para-hydroxylation sites is 1. The number of amides is 1. The van der Waals surface area contributed by atoms with Gasteiger partial charge in [0, 0.05) is 16.5 Å². The Kier molecular flexibility index (Phi) is 7.17. The minimum atomic E-state index is -0.277. The zero-order chi connectivity index (χ0) is 19.8. The van der Waals surface area contributed by atoms with Crippen molar-refractivity contribution < 1.29 is 9.53 Å². The smallest absolute Gasteiger partial charge is 0.257 e. The highest BCUT2D eigenvalue weighted by Crippen LogP contribution is 2.21. The second-order valence-electron chi connectivity index (χ2n) is 6.00. The molecule has 3 aromatic rings. The highest BCUT2D eigenvalue weighted by molar-refractivity contribution is 9.10. The van der Waals surface area contributed by atoms with E-state index in [0.29, 0.717) is 12.2 Å². The number of anilines is 1. The van der Waals surface area contributed by atoms with E-state index in [1.165, 1.54) is 5.56 Å². The van der Waals surface area contributed by atoms with Crippen LogP contribution in [0.15, 0.2) is 83.3 Å². The Morgan fingerprint density at radius 3 is 2.32 bits per heavy atom. The molecule has 0 saturated heterocycles. The summed E-state index contributed by atoms with van der Waals surface area (Å²) in [5.74, 6) is 0.446. The first-order chi connectivity index (χ1) is 13.6. The van der Waals surface area contributed by atoms with Gasteiger partial charge in [0.05, 0.1) is 12.3 Å². The summed E-state index contributed by atoms with van der Waals surface area (Å²) in [5, 5.41) is 5.91. The summed E-state index contributed by atoms with van der Waals surface area (Å²) in [7, 11) is 0. The van der Waals surface area contributed by atoms with Crippen LogP contribution in [0, 0.1) is 0 Å². The Bertz CT molecular complexity index is 946. The normalized spacial score (nSPS) is 10.2. The summed E-state index contributed by atoms with van der Waals surface area (Å²) >= 11 is 8.64. The van der Waals surface area contributed by atoms with Crippen LogP contribution >= 0.6 is 28.1 Å². The maximum atomic E-state index is 12.3. The van der Waals surface area contributed by atoms with Crippen LogP contribution in [0.1, 0.15) is 15.9 Å². The van der Waals surface area contributed by atoms with Crippen molar-refractivity contribution in [2.24, 2.45) is 0 Å². The predicted molar refractivity (Wildman–Crippen MR) is 120 cm³/mol. The first-order valence-corrected chi connectivity index (χ1v) is 9.95. The van der Waals surface area contributed by atoms with Crippen LogP contribution in [0.25, 0.3) is 0 Å². The molecule has 0 spiro atoms. The van der Waals surface area contributed by atoms with Crippen molar-refractivity contribution in [2.45, 2.75) is 6.42 Å². The van der Waals surface area contributed by atoms with Crippen LogP contribution in [0.4, 0.5) is 5.69 Å². The third-order valence-corrected chi connectivity index (χ3v) is 4.86. The van der Waals surface area contributed by atoms with Gasteiger partial charge in [0.25, 0.3) is 5.91 Å². The Morgan fingerprint density at radius 1 is 0.929 bits per heavy atom. The molecule has 0 bridgehead atoms. The van der Waals surface area contributed by atoms with Gasteiger partial charge in [-0.1, -0.05) is 42.5 Å². The van der Waals surface area contributed by atoms with Crippen LogP contribution < -0.4 is 15.4 Å². The number of rotatable bonds is 6. The number of halogens is 1. The molecule has 6 heteroatoms. The number of carbonyl (C=O) groups excluding carboxylic acids is 1. The number of hydrogen-bond acceptors (Lipinski definition) is 3. The quantitative estimate of drug-likeness (QED) is 0.502. The minimum Gasteiger partial charge on any atom is -0.493 e. The van der Waals surface area contributed by atoms with Crippen LogP contribution in [-0.4, -0.2) is 17.6 Å². The Hall–Kier alpha value is -2.70. The third kappa shape index (κ3) is 5.90. The highest BCUT2D eigenvalue weighted by atomic mass is 79.9. The van der Waals surface area contributed by atoms with E-state index < -0.39 is 0 Å². The number of ether oxygens (including phenoxy) is 1. The fourth-order valence-corrected chi connectivity index (χ4v) is 3.11. The lowest BCUT2D eigenvalue weighted by Crippen LogP contribution is -2.34. The van der Waals surface area contributed by atoms with E-state index in [1.54, 1.807) is 24.3 Å². The van der Waals surface area contributed by atoms with Crippen molar-refractivity contribution >= 4 is 44.9 Å². The molecule has 0 aromatic heterocycles. The van der Waals surface area contributed by atoms with Gasteiger partial charge in [-0.3, -0.25) is 10.1 Å². The molecule has 0 saturated carbocycles. The molecule has 0 atom stereocenters. The van der Waals surface area contributed by atoms with Gasteiger partial charge in [-0.2, -0.15) is 0 Å². The molecule has 3 aromatic carbocycles. The molecule has 0 aliphatic heterocycles. The van der Waals surface area contributed by atoms with Crippen LogP contribution in [0.3, 0.4) is 0 Å². The van der Waals surface area contributed by atoms with Crippen molar-refractivity contribution in [1.29, 1.82) is 0 Å². The lowest BCUT2D eigenvalue weighted by Gasteiger charge is -2.11. The van der Waals surface area contributed by atoms with Crippen LogP contribution in [0.2, 0.25) is 0 Å². The summed E-state index contributed by atoms with van der Waals surface area (Å²) in [4.78, 5) is 12.3. The van der Waals surface area contributed by atoms with E-state index in [1.807, 2.05) is 42.5 Å². The first kappa shape index (κ1) is 20.0. The van der Waals surface area contributed by atoms with Crippen molar-refractivity contribution in [3.63, 3.8) is 0 Å². The van der Waals surface area contributed by atoms with E-state index >= 15 is 0 Å². The van der Waals surface area contributed by atoms with Gasteiger partial charge in [0.1, 0.15) is 5.75 Å². The summed E-state index contributed by atoms with van der Waals surface area (Å²) in [6.07, 6.45) is 0.831. The monoisotopic (exact) mass is 454 g/mol. The van der Waals surface area contributed by atoms with E-state index in [2.05, 4.69) is 38.7 Å².